The predicted octanol–water partition coefficient (Wildman–Crippen LogP) is 4.49. The molecule has 1 heterocycles. The lowest BCUT2D eigenvalue weighted by atomic mass is 9.83. The summed E-state index contributed by atoms with van der Waals surface area (Å²) in [6.45, 7) is 2.17. The fourth-order valence-electron chi connectivity index (χ4n) is 4.45. The van der Waals surface area contributed by atoms with Crippen molar-refractivity contribution in [2.24, 2.45) is 5.41 Å². The van der Waals surface area contributed by atoms with Crippen LogP contribution in [0, 0.1) is 5.41 Å². The highest BCUT2D eigenvalue weighted by atomic mass is 16.5. The Kier molecular flexibility index (Phi) is 3.97. The van der Waals surface area contributed by atoms with Gasteiger partial charge in [-0.3, -0.25) is 0 Å². The molecule has 1 aromatic rings. The molecule has 1 spiro atoms. The van der Waals surface area contributed by atoms with Gasteiger partial charge in [-0.25, -0.2) is 0 Å². The first-order valence-electron chi connectivity index (χ1n) is 9.34. The van der Waals surface area contributed by atoms with Crippen LogP contribution < -0.4 is 5.32 Å². The van der Waals surface area contributed by atoms with Crippen molar-refractivity contribution in [1.82, 2.24) is 15.5 Å². The van der Waals surface area contributed by atoms with E-state index >= 15 is 0 Å². The largest absolute Gasteiger partial charge is 0.338 e. The van der Waals surface area contributed by atoms with Gasteiger partial charge in [-0.15, -0.1) is 0 Å². The van der Waals surface area contributed by atoms with Crippen molar-refractivity contribution in [3.63, 3.8) is 0 Å². The standard InChI is InChI=1S/C18H29N3O/c1-13(19-15-7-9-18(10-8-15)11-12-18)17-20-16(21-22-17)14-5-3-2-4-6-14/h13-15,19H,2-12H2,1H3. The second-order valence-corrected chi connectivity index (χ2v) is 7.99. The van der Waals surface area contributed by atoms with Crippen molar-refractivity contribution in [2.45, 2.75) is 95.6 Å². The molecule has 0 radical (unpaired) electrons. The number of nitrogens with zero attached hydrogens (tertiary/aromatic N) is 2. The minimum Gasteiger partial charge on any atom is -0.338 e. The maximum absolute atomic E-state index is 5.55. The van der Waals surface area contributed by atoms with Gasteiger partial charge in [0.15, 0.2) is 5.82 Å². The van der Waals surface area contributed by atoms with E-state index in [1.54, 1.807) is 0 Å². The van der Waals surface area contributed by atoms with Gasteiger partial charge in [0, 0.05) is 12.0 Å². The quantitative estimate of drug-likeness (QED) is 0.890. The first-order chi connectivity index (χ1) is 10.7. The van der Waals surface area contributed by atoms with Gasteiger partial charge < -0.3 is 9.84 Å². The fourth-order valence-corrected chi connectivity index (χ4v) is 4.45. The number of rotatable bonds is 4. The zero-order chi connectivity index (χ0) is 15.0. The van der Waals surface area contributed by atoms with E-state index in [9.17, 15) is 0 Å². The zero-order valence-corrected chi connectivity index (χ0v) is 13.8. The van der Waals surface area contributed by atoms with Crippen molar-refractivity contribution in [3.05, 3.63) is 11.7 Å². The van der Waals surface area contributed by atoms with Crippen LogP contribution in [-0.4, -0.2) is 16.2 Å². The van der Waals surface area contributed by atoms with Crippen LogP contribution in [-0.2, 0) is 0 Å². The highest BCUT2D eigenvalue weighted by Crippen LogP contribution is 2.56. The average Bonchev–Trinajstić information content (AvgIpc) is 3.12. The molecule has 3 aliphatic rings. The number of aromatic nitrogens is 2. The molecule has 0 bridgehead atoms. The number of hydrogen-bond donors (Lipinski definition) is 1. The Labute approximate surface area is 133 Å². The van der Waals surface area contributed by atoms with E-state index in [1.165, 1.54) is 70.6 Å². The molecule has 0 amide bonds. The molecule has 1 aromatic heterocycles. The van der Waals surface area contributed by atoms with Gasteiger partial charge in [-0.1, -0.05) is 24.4 Å². The monoisotopic (exact) mass is 303 g/mol. The average molecular weight is 303 g/mol. The normalized spacial score (nSPS) is 27.1. The Hall–Kier alpha value is -0.900. The third-order valence-electron chi connectivity index (χ3n) is 6.29. The molecular weight excluding hydrogens is 274 g/mol. The first-order valence-corrected chi connectivity index (χ1v) is 9.34. The molecule has 0 saturated heterocycles. The van der Waals surface area contributed by atoms with E-state index in [0.717, 1.165) is 17.1 Å². The Bertz CT molecular complexity index is 492. The predicted molar refractivity (Wildman–Crippen MR) is 85.6 cm³/mol. The molecule has 1 atom stereocenters. The number of hydrogen-bond acceptors (Lipinski definition) is 4. The summed E-state index contributed by atoms with van der Waals surface area (Å²) in [5.74, 6) is 2.26. The van der Waals surface area contributed by atoms with Crippen LogP contribution in [0.1, 0.15) is 101 Å². The second-order valence-electron chi connectivity index (χ2n) is 7.99. The molecule has 4 nitrogen and oxygen atoms in total. The molecule has 4 heteroatoms. The molecule has 22 heavy (non-hydrogen) atoms. The van der Waals surface area contributed by atoms with Crippen LogP contribution >= 0.6 is 0 Å². The van der Waals surface area contributed by atoms with Crippen molar-refractivity contribution >= 4 is 0 Å². The van der Waals surface area contributed by atoms with Crippen LogP contribution in [0.3, 0.4) is 0 Å². The summed E-state index contributed by atoms with van der Waals surface area (Å²) < 4.78 is 5.55. The summed E-state index contributed by atoms with van der Waals surface area (Å²) >= 11 is 0. The third kappa shape index (κ3) is 3.08. The van der Waals surface area contributed by atoms with E-state index < -0.39 is 0 Å². The Morgan fingerprint density at radius 2 is 1.77 bits per heavy atom. The van der Waals surface area contributed by atoms with Crippen molar-refractivity contribution < 1.29 is 4.52 Å². The molecule has 3 aliphatic carbocycles. The van der Waals surface area contributed by atoms with Gasteiger partial charge in [0.2, 0.25) is 5.89 Å². The molecule has 0 aliphatic heterocycles. The van der Waals surface area contributed by atoms with Gasteiger partial charge in [-0.05, 0) is 63.7 Å². The Morgan fingerprint density at radius 1 is 1.05 bits per heavy atom. The highest BCUT2D eigenvalue weighted by Gasteiger charge is 2.44. The van der Waals surface area contributed by atoms with Gasteiger partial charge in [0.1, 0.15) is 0 Å². The Morgan fingerprint density at radius 3 is 2.45 bits per heavy atom. The topological polar surface area (TPSA) is 51.0 Å². The van der Waals surface area contributed by atoms with Crippen LogP contribution in [0.25, 0.3) is 0 Å². The molecular formula is C18H29N3O. The zero-order valence-electron chi connectivity index (χ0n) is 13.8. The van der Waals surface area contributed by atoms with Gasteiger partial charge in [0.25, 0.3) is 0 Å². The van der Waals surface area contributed by atoms with Gasteiger partial charge >= 0.3 is 0 Å². The van der Waals surface area contributed by atoms with Crippen LogP contribution in [0.2, 0.25) is 0 Å². The summed E-state index contributed by atoms with van der Waals surface area (Å²) in [6, 6.07) is 0.814. The maximum atomic E-state index is 5.55. The molecule has 0 aromatic carbocycles. The van der Waals surface area contributed by atoms with E-state index in [0.29, 0.717) is 12.0 Å². The highest BCUT2D eigenvalue weighted by molar-refractivity contribution is 5.01. The molecule has 3 saturated carbocycles. The lowest BCUT2D eigenvalue weighted by Gasteiger charge is -2.30. The minimum atomic E-state index is 0.183. The van der Waals surface area contributed by atoms with Crippen molar-refractivity contribution in [3.8, 4) is 0 Å². The van der Waals surface area contributed by atoms with Crippen LogP contribution in [0.15, 0.2) is 4.52 Å². The van der Waals surface area contributed by atoms with Gasteiger partial charge in [-0.2, -0.15) is 4.98 Å². The third-order valence-corrected chi connectivity index (χ3v) is 6.29. The number of nitrogens with one attached hydrogen (secondary N) is 1. The molecule has 3 fully saturated rings. The van der Waals surface area contributed by atoms with E-state index in [4.69, 9.17) is 9.51 Å². The Balaban J connectivity index is 1.32. The van der Waals surface area contributed by atoms with Crippen molar-refractivity contribution in [2.75, 3.05) is 0 Å². The minimum absolute atomic E-state index is 0.183. The molecule has 122 valence electrons. The van der Waals surface area contributed by atoms with Crippen LogP contribution in [0.5, 0.6) is 0 Å². The second kappa shape index (κ2) is 5.95. The van der Waals surface area contributed by atoms with E-state index in [1.807, 2.05) is 0 Å². The lowest BCUT2D eigenvalue weighted by molar-refractivity contribution is 0.245. The van der Waals surface area contributed by atoms with E-state index in [-0.39, 0.29) is 6.04 Å². The lowest BCUT2D eigenvalue weighted by Crippen LogP contribution is -2.35. The molecule has 4 rings (SSSR count). The van der Waals surface area contributed by atoms with Crippen LogP contribution in [0.4, 0.5) is 0 Å². The SMILES string of the molecule is CC(NC1CCC2(CC1)CC2)c1nc(C2CCCCC2)no1. The smallest absolute Gasteiger partial charge is 0.243 e. The van der Waals surface area contributed by atoms with Gasteiger partial charge in [0.05, 0.1) is 6.04 Å². The molecule has 1 unspecified atom stereocenters. The summed E-state index contributed by atoms with van der Waals surface area (Å²) in [7, 11) is 0. The summed E-state index contributed by atoms with van der Waals surface area (Å²) in [4.78, 5) is 4.70. The van der Waals surface area contributed by atoms with Crippen molar-refractivity contribution in [1.29, 1.82) is 0 Å². The summed E-state index contributed by atoms with van der Waals surface area (Å²) in [5.41, 5.74) is 0.764. The molecule has 1 N–H and O–H groups in total. The first kappa shape index (κ1) is 14.7. The maximum Gasteiger partial charge on any atom is 0.243 e. The van der Waals surface area contributed by atoms with E-state index in [2.05, 4.69) is 17.4 Å². The summed E-state index contributed by atoms with van der Waals surface area (Å²) in [6.07, 6.45) is 14.8. The fraction of sp³-hybridized carbons (Fsp3) is 0.889. The summed E-state index contributed by atoms with van der Waals surface area (Å²) in [5, 5.41) is 7.98.